The van der Waals surface area contributed by atoms with E-state index in [4.69, 9.17) is 35.6 Å². The Kier molecular flexibility index (Phi) is 16.2. The zero-order valence-corrected chi connectivity index (χ0v) is 42.9. The normalized spacial score (nSPS) is 28.6. The minimum atomic E-state index is -2.07. The minimum absolute atomic E-state index is 0.0459. The molecule has 380 valence electrons. The Balaban J connectivity index is 1.26. The van der Waals surface area contributed by atoms with Gasteiger partial charge in [-0.3, -0.25) is 24.3 Å². The van der Waals surface area contributed by atoms with Gasteiger partial charge in [-0.25, -0.2) is 0 Å². The smallest absolute Gasteiger partial charge is 0.312 e. The number of ketones is 1. The lowest BCUT2D eigenvalue weighted by Crippen LogP contribution is -2.46. The molecular formula is C53H63ClN4O12S. The topological polar surface area (TPSA) is 220 Å². The Labute approximate surface area is 422 Å². The molecule has 4 aromatic rings. The van der Waals surface area contributed by atoms with Crippen molar-refractivity contribution < 1.29 is 58.9 Å². The standard InChI is InChI=1S/C53H63ClN4O12S/c1-27-11-10-12-28(2)52(66)56-43-37(25-55-58-22-20-57(21-23-58)26-36-17-18-39(71-36)34-13-15-35(54)16-14-34)47(63)40-41(48(43)64)46(62)32(6)50-42(40)51(65)53(8,70-50)68-24-19-38(67-9)29(3)49(69-33(7)59)31(5)45(61)30(4)44(27)60/h10-19,24-25,27,29-31,38,44-45,49,60-64H,20-23,26H2,1-9H3,(H,56,66)/b11-10+,24-19+,28-12-,55-25+/t27-,29+,30+,31+,38-,44-,45+,49+,53-/m0/s1. The number of aliphatic hydroxyl groups excluding tert-OH is 2. The first-order valence-electron chi connectivity index (χ1n) is 23.6. The van der Waals surface area contributed by atoms with Gasteiger partial charge in [0, 0.05) is 109 Å². The number of aliphatic hydroxyl groups is 2. The maximum absolute atomic E-state index is 14.6. The van der Waals surface area contributed by atoms with Crippen LogP contribution in [0.3, 0.4) is 0 Å². The molecule has 1 fully saturated rings. The van der Waals surface area contributed by atoms with Crippen LogP contribution in [-0.4, -0.2) is 123 Å². The maximum Gasteiger partial charge on any atom is 0.312 e. The lowest BCUT2D eigenvalue weighted by molar-refractivity contribution is -0.160. The summed E-state index contributed by atoms with van der Waals surface area (Å²) in [6.45, 7) is 15.6. The number of carbonyl (C=O) groups excluding carboxylic acids is 3. The molecule has 71 heavy (non-hydrogen) atoms. The molecule has 9 atom stereocenters. The number of Topliss-reactive ketones (excluding diaryl/α,β-unsaturated/α-hetero) is 1. The Hall–Kier alpha value is -5.95. The van der Waals surface area contributed by atoms with Gasteiger partial charge < -0.3 is 49.8 Å². The third kappa shape index (κ3) is 11.0. The highest BCUT2D eigenvalue weighted by Crippen LogP contribution is 2.55. The van der Waals surface area contributed by atoms with Gasteiger partial charge in [0.15, 0.2) is 5.75 Å². The van der Waals surface area contributed by atoms with Crippen LogP contribution in [-0.2, 0) is 30.3 Å². The Bertz CT molecular complexity index is 2780. The number of aromatic hydroxyl groups is 3. The van der Waals surface area contributed by atoms with Crippen molar-refractivity contribution in [2.24, 2.45) is 28.8 Å². The average Bonchev–Trinajstić information content (AvgIpc) is 3.92. The number of phenols is 3. The van der Waals surface area contributed by atoms with Crippen molar-refractivity contribution >= 4 is 63.3 Å². The molecular weight excluding hydrogens is 952 g/mol. The maximum atomic E-state index is 14.6. The number of phenolic OH excluding ortho intramolecular Hbond substituents is 3. The number of ether oxygens (including phenoxy) is 4. The number of amides is 1. The van der Waals surface area contributed by atoms with Crippen molar-refractivity contribution in [1.29, 1.82) is 0 Å². The number of carbonyl (C=O) groups is 3. The highest BCUT2D eigenvalue weighted by atomic mass is 35.5. The van der Waals surface area contributed by atoms with Gasteiger partial charge in [-0.1, -0.05) is 69.7 Å². The number of fused-ring (bicyclic) bond motifs is 14. The van der Waals surface area contributed by atoms with Crippen molar-refractivity contribution in [2.45, 2.75) is 92.1 Å². The number of anilines is 1. The van der Waals surface area contributed by atoms with Crippen LogP contribution in [0, 0.1) is 30.6 Å². The van der Waals surface area contributed by atoms with Crippen LogP contribution in [0.2, 0.25) is 5.02 Å². The number of rotatable bonds is 7. The Morgan fingerprint density at radius 2 is 1.62 bits per heavy atom. The number of hydrazone groups is 1. The molecule has 0 radical (unpaired) electrons. The van der Waals surface area contributed by atoms with E-state index >= 15 is 0 Å². The second-order valence-corrected chi connectivity index (χ2v) is 20.5. The molecule has 0 unspecified atom stereocenters. The fourth-order valence-electron chi connectivity index (χ4n) is 9.48. The van der Waals surface area contributed by atoms with Crippen LogP contribution in [0.15, 0.2) is 77.6 Å². The van der Waals surface area contributed by atoms with Crippen molar-refractivity contribution in [2.75, 3.05) is 38.6 Å². The summed E-state index contributed by atoms with van der Waals surface area (Å²) in [5, 5.41) is 68.6. The number of hydrogen-bond donors (Lipinski definition) is 6. The van der Waals surface area contributed by atoms with Gasteiger partial charge in [0.1, 0.15) is 23.4 Å². The first kappa shape index (κ1) is 52.9. The van der Waals surface area contributed by atoms with Crippen molar-refractivity contribution in [3.05, 3.63) is 99.1 Å². The van der Waals surface area contributed by atoms with Gasteiger partial charge in [-0.05, 0) is 49.8 Å². The van der Waals surface area contributed by atoms with Gasteiger partial charge in [0.05, 0.1) is 53.0 Å². The van der Waals surface area contributed by atoms with Gasteiger partial charge in [0.2, 0.25) is 0 Å². The number of allylic oxidation sites excluding steroid dienone is 2. The number of methoxy groups -OCH3 is 1. The second-order valence-electron chi connectivity index (χ2n) is 18.9. The predicted molar refractivity (Wildman–Crippen MR) is 273 cm³/mol. The van der Waals surface area contributed by atoms with E-state index in [1.54, 1.807) is 56.2 Å². The highest BCUT2D eigenvalue weighted by molar-refractivity contribution is 7.15. The molecule has 8 rings (SSSR count). The molecule has 16 nitrogen and oxygen atoms in total. The number of halogens is 1. The van der Waals surface area contributed by atoms with Crippen LogP contribution in [0.25, 0.3) is 21.2 Å². The first-order valence-corrected chi connectivity index (χ1v) is 24.8. The van der Waals surface area contributed by atoms with Crippen LogP contribution >= 0.6 is 22.9 Å². The van der Waals surface area contributed by atoms with E-state index in [1.165, 1.54) is 64.3 Å². The van der Waals surface area contributed by atoms with Crippen molar-refractivity contribution in [3.63, 3.8) is 0 Å². The van der Waals surface area contributed by atoms with E-state index in [9.17, 15) is 39.9 Å². The number of nitrogens with one attached hydrogen (secondary N) is 1. The average molecular weight is 1020 g/mol. The first-order chi connectivity index (χ1) is 33.6. The molecule has 4 aliphatic heterocycles. The fraction of sp³-hybridized carbons (Fsp3) is 0.434. The molecule has 1 amide bonds. The van der Waals surface area contributed by atoms with E-state index in [2.05, 4.69) is 22.3 Å². The number of piperazine rings is 1. The zero-order chi connectivity index (χ0) is 51.6. The molecule has 5 bridgehead atoms. The number of thiophene rings is 1. The van der Waals surface area contributed by atoms with E-state index < -0.39 is 88.8 Å². The summed E-state index contributed by atoms with van der Waals surface area (Å²) in [5.74, 6) is -8.51. The largest absolute Gasteiger partial charge is 0.507 e. The summed E-state index contributed by atoms with van der Waals surface area (Å²) >= 11 is 7.81. The third-order valence-electron chi connectivity index (χ3n) is 13.9. The summed E-state index contributed by atoms with van der Waals surface area (Å²) in [5.41, 5.74) is 0.678. The Morgan fingerprint density at radius 1 is 0.930 bits per heavy atom. The van der Waals surface area contributed by atoms with E-state index in [0.717, 1.165) is 17.0 Å². The van der Waals surface area contributed by atoms with E-state index in [0.29, 0.717) is 31.2 Å². The van der Waals surface area contributed by atoms with Crippen LogP contribution in [0.4, 0.5) is 5.69 Å². The van der Waals surface area contributed by atoms with Gasteiger partial charge in [0.25, 0.3) is 11.7 Å². The fourth-order valence-corrected chi connectivity index (χ4v) is 10.7. The summed E-state index contributed by atoms with van der Waals surface area (Å²) in [6, 6.07) is 12.0. The molecule has 1 aromatic heterocycles. The number of esters is 1. The molecule has 0 spiro atoms. The Morgan fingerprint density at radius 3 is 2.28 bits per heavy atom. The highest BCUT2D eigenvalue weighted by Gasteiger charge is 2.50. The molecule has 6 N–H and O–H groups in total. The van der Waals surface area contributed by atoms with Gasteiger partial charge >= 0.3 is 11.8 Å². The second kappa shape index (κ2) is 21.8. The summed E-state index contributed by atoms with van der Waals surface area (Å²) in [4.78, 5) is 45.7. The SMILES string of the molecule is CO[C@H]1/C=C/O[C@@]2(C)Oc3c(C)c(O)c4c(O)c(c(/C=N/N5CCN(Cc6ccc(-c7ccc(Cl)cc7)s6)CC5)c(O)c4c3C2=O)NC(=O)/C(C)=C\C=C\[C@H](C)[C@H](O)[C@@H](C)[C@@H](O)[C@@H](C)[C@H](OC(C)=O)[C@@H]1C. The van der Waals surface area contributed by atoms with E-state index in [1.807, 2.05) is 24.3 Å². The third-order valence-corrected chi connectivity index (χ3v) is 15.3. The van der Waals surface area contributed by atoms with Crippen LogP contribution < -0.4 is 10.1 Å². The summed E-state index contributed by atoms with van der Waals surface area (Å²) < 4.78 is 23.8. The van der Waals surface area contributed by atoms with E-state index in [-0.39, 0.29) is 44.5 Å². The van der Waals surface area contributed by atoms with Crippen LogP contribution in [0.5, 0.6) is 23.0 Å². The predicted octanol–water partition coefficient (Wildman–Crippen LogP) is 8.29. The number of benzene rings is 3. The lowest BCUT2D eigenvalue weighted by atomic mass is 9.78. The van der Waals surface area contributed by atoms with Crippen molar-refractivity contribution in [3.8, 4) is 33.4 Å². The van der Waals surface area contributed by atoms with Gasteiger partial charge in [-0.15, -0.1) is 11.3 Å². The summed E-state index contributed by atoms with van der Waals surface area (Å²) in [7, 11) is 1.44. The molecule has 0 aliphatic carbocycles. The molecule has 1 saturated heterocycles. The summed E-state index contributed by atoms with van der Waals surface area (Å²) in [6.07, 6.45) is 4.83. The van der Waals surface area contributed by atoms with Gasteiger partial charge in [-0.2, -0.15) is 5.10 Å². The molecule has 4 aliphatic rings. The quantitative estimate of drug-likeness (QED) is 0.0444. The minimum Gasteiger partial charge on any atom is -0.507 e. The van der Waals surface area contributed by atoms with Crippen molar-refractivity contribution in [1.82, 2.24) is 9.91 Å². The molecule has 0 saturated carbocycles. The zero-order valence-electron chi connectivity index (χ0n) is 41.3. The molecule has 18 heteroatoms. The number of nitrogens with zero attached hydrogens (tertiary/aromatic N) is 3. The number of hydrogen-bond acceptors (Lipinski definition) is 16. The molecule has 3 aromatic carbocycles. The monoisotopic (exact) mass is 1010 g/mol. The molecule has 5 heterocycles. The van der Waals surface area contributed by atoms with Crippen LogP contribution in [0.1, 0.15) is 74.8 Å². The lowest BCUT2D eigenvalue weighted by Gasteiger charge is -2.38.